The van der Waals surface area contributed by atoms with Gasteiger partial charge in [0.1, 0.15) is 5.94 Å². The molecule has 1 aromatic heterocycles. The van der Waals surface area contributed by atoms with Gasteiger partial charge in [0, 0.05) is 11.1 Å². The summed E-state index contributed by atoms with van der Waals surface area (Å²) >= 11 is -1.92. The molecule has 1 heterocycles. The van der Waals surface area contributed by atoms with Gasteiger partial charge in [-0.1, -0.05) is 18.2 Å². The maximum atomic E-state index is 10.5. The van der Waals surface area contributed by atoms with E-state index in [0.29, 0.717) is 6.61 Å². The Hall–Kier alpha value is -1.30. The monoisotopic (exact) mass is 251 g/mol. The Bertz CT molecular complexity index is 556. The van der Waals surface area contributed by atoms with Crippen molar-refractivity contribution < 1.29 is 13.5 Å². The molecular formula is C12H13NO3S. The maximum absolute atomic E-state index is 10.5. The minimum Gasteiger partial charge on any atom is -0.361 e. The summed E-state index contributed by atoms with van der Waals surface area (Å²) in [6.45, 7) is 2.23. The third kappa shape index (κ3) is 3.09. The molecule has 5 heteroatoms. The molecule has 1 unspecified atom stereocenters. The second-order valence-electron chi connectivity index (χ2n) is 3.73. The van der Waals surface area contributed by atoms with Crippen molar-refractivity contribution in [3.05, 3.63) is 41.6 Å². The van der Waals surface area contributed by atoms with Gasteiger partial charge >= 0.3 is 0 Å². The van der Waals surface area contributed by atoms with Crippen LogP contribution in [0.3, 0.4) is 0 Å². The zero-order valence-electron chi connectivity index (χ0n) is 9.42. The molecular weight excluding hydrogens is 238 g/mol. The molecule has 0 saturated heterocycles. The molecule has 90 valence electrons. The highest BCUT2D eigenvalue weighted by Crippen LogP contribution is 2.18. The Kier molecular flexibility index (Phi) is 3.83. The van der Waals surface area contributed by atoms with Crippen molar-refractivity contribution in [2.75, 3.05) is 5.94 Å². The van der Waals surface area contributed by atoms with Gasteiger partial charge in [-0.3, -0.25) is 4.98 Å². The van der Waals surface area contributed by atoms with Crippen LogP contribution in [0.1, 0.15) is 11.3 Å². The van der Waals surface area contributed by atoms with Gasteiger partial charge in [-0.2, -0.15) is 0 Å². The molecule has 1 aromatic carbocycles. The van der Waals surface area contributed by atoms with Crippen LogP contribution in [0, 0.1) is 6.92 Å². The lowest BCUT2D eigenvalue weighted by atomic mass is 10.1. The lowest BCUT2D eigenvalue weighted by Crippen LogP contribution is -2.02. The van der Waals surface area contributed by atoms with E-state index in [1.165, 1.54) is 0 Å². The smallest absolute Gasteiger partial charge is 0.179 e. The van der Waals surface area contributed by atoms with E-state index in [4.69, 9.17) is 9.29 Å². The number of nitrogens with zero attached hydrogens (tertiary/aromatic N) is 1. The van der Waals surface area contributed by atoms with Gasteiger partial charge in [0.15, 0.2) is 11.1 Å². The Balaban J connectivity index is 2.29. The summed E-state index contributed by atoms with van der Waals surface area (Å²) in [5, 5.41) is 1.02. The molecule has 2 aromatic rings. The first kappa shape index (κ1) is 12.2. The highest BCUT2D eigenvalue weighted by molar-refractivity contribution is 7.79. The van der Waals surface area contributed by atoms with Crippen LogP contribution in [0.2, 0.25) is 0 Å². The minimum atomic E-state index is -1.92. The number of aryl methyl sites for hydroxylation is 1. The zero-order valence-corrected chi connectivity index (χ0v) is 10.2. The number of aromatic nitrogens is 1. The first-order valence-electron chi connectivity index (χ1n) is 5.17. The van der Waals surface area contributed by atoms with Crippen molar-refractivity contribution in [2.24, 2.45) is 0 Å². The Morgan fingerprint density at radius 2 is 2.18 bits per heavy atom. The van der Waals surface area contributed by atoms with Crippen LogP contribution in [0.5, 0.6) is 0 Å². The molecule has 0 aliphatic heterocycles. The van der Waals surface area contributed by atoms with Gasteiger partial charge in [0.05, 0.1) is 12.1 Å². The molecule has 0 amide bonds. The number of benzene rings is 1. The Morgan fingerprint density at radius 1 is 1.41 bits per heavy atom. The lowest BCUT2D eigenvalue weighted by molar-refractivity contribution is 0.163. The Morgan fingerprint density at radius 3 is 2.94 bits per heavy atom. The third-order valence-electron chi connectivity index (χ3n) is 2.37. The second-order valence-corrected chi connectivity index (χ2v) is 4.61. The van der Waals surface area contributed by atoms with Gasteiger partial charge in [-0.25, -0.2) is 4.21 Å². The van der Waals surface area contributed by atoms with Crippen LogP contribution < -0.4 is 0 Å². The largest absolute Gasteiger partial charge is 0.361 e. The quantitative estimate of drug-likeness (QED) is 0.847. The van der Waals surface area contributed by atoms with Crippen LogP contribution in [-0.4, -0.2) is 19.7 Å². The number of hydrogen-bond acceptors (Lipinski definition) is 3. The lowest BCUT2D eigenvalue weighted by Gasteiger charge is -2.07. The van der Waals surface area contributed by atoms with E-state index in [-0.39, 0.29) is 5.94 Å². The summed E-state index contributed by atoms with van der Waals surface area (Å²) in [6, 6.07) is 9.71. The molecule has 0 bridgehead atoms. The first-order chi connectivity index (χ1) is 8.16. The molecule has 1 N–H and O–H groups in total. The molecule has 0 fully saturated rings. The van der Waals surface area contributed by atoms with Crippen molar-refractivity contribution in [3.8, 4) is 0 Å². The van der Waals surface area contributed by atoms with Crippen LogP contribution in [-0.2, 0) is 22.4 Å². The second kappa shape index (κ2) is 5.35. The molecule has 2 rings (SSSR count). The van der Waals surface area contributed by atoms with E-state index in [9.17, 15) is 4.21 Å². The van der Waals surface area contributed by atoms with E-state index in [0.717, 1.165) is 22.2 Å². The van der Waals surface area contributed by atoms with E-state index in [1.807, 2.05) is 37.3 Å². The average Bonchev–Trinajstić information content (AvgIpc) is 2.28. The number of para-hydroxylation sites is 1. The summed E-state index contributed by atoms with van der Waals surface area (Å²) in [5.41, 5.74) is 2.81. The average molecular weight is 251 g/mol. The predicted molar refractivity (Wildman–Crippen MR) is 66.9 cm³/mol. The fourth-order valence-corrected chi connectivity index (χ4v) is 1.96. The maximum Gasteiger partial charge on any atom is 0.179 e. The topological polar surface area (TPSA) is 59.4 Å². The van der Waals surface area contributed by atoms with Crippen LogP contribution in [0.4, 0.5) is 0 Å². The molecule has 0 aliphatic rings. The number of pyridine rings is 1. The summed E-state index contributed by atoms with van der Waals surface area (Å²) in [7, 11) is 0. The fraction of sp³-hybridized carbons (Fsp3) is 0.250. The number of hydrogen-bond donors (Lipinski definition) is 1. The summed E-state index contributed by atoms with van der Waals surface area (Å²) in [5.74, 6) is -0.171. The molecule has 1 atom stereocenters. The molecule has 4 nitrogen and oxygen atoms in total. The van der Waals surface area contributed by atoms with Crippen molar-refractivity contribution in [1.29, 1.82) is 0 Å². The molecule has 0 saturated carbocycles. The van der Waals surface area contributed by atoms with E-state index >= 15 is 0 Å². The molecule has 0 spiro atoms. The van der Waals surface area contributed by atoms with E-state index in [2.05, 4.69) is 4.98 Å². The number of rotatable bonds is 4. The van der Waals surface area contributed by atoms with Crippen LogP contribution >= 0.6 is 0 Å². The first-order valence-corrected chi connectivity index (χ1v) is 6.45. The summed E-state index contributed by atoms with van der Waals surface area (Å²) in [6.07, 6.45) is 0. The van der Waals surface area contributed by atoms with Gasteiger partial charge in [0.25, 0.3) is 0 Å². The van der Waals surface area contributed by atoms with E-state index < -0.39 is 11.1 Å². The third-order valence-corrected chi connectivity index (χ3v) is 2.74. The fourth-order valence-electron chi connectivity index (χ4n) is 1.74. The van der Waals surface area contributed by atoms with Crippen molar-refractivity contribution in [3.63, 3.8) is 0 Å². The molecule has 0 aliphatic carbocycles. The van der Waals surface area contributed by atoms with Crippen molar-refractivity contribution in [1.82, 2.24) is 4.98 Å². The van der Waals surface area contributed by atoms with Gasteiger partial charge in [0.2, 0.25) is 0 Å². The molecule has 17 heavy (non-hydrogen) atoms. The molecule has 0 radical (unpaired) electrons. The zero-order chi connectivity index (χ0) is 12.3. The highest BCUT2D eigenvalue weighted by atomic mass is 32.2. The highest BCUT2D eigenvalue weighted by Gasteiger charge is 2.04. The minimum absolute atomic E-state index is 0.171. The van der Waals surface area contributed by atoms with Crippen LogP contribution in [0.15, 0.2) is 30.3 Å². The van der Waals surface area contributed by atoms with Gasteiger partial charge in [-0.15, -0.1) is 0 Å². The standard InChI is InChI=1S/C12H13NO3S/c1-9-6-10(7-16-8-17(14)15)11-4-2-3-5-12(11)13-9/h2-6H,7-8H2,1H3,(H,14,15). The van der Waals surface area contributed by atoms with Crippen molar-refractivity contribution >= 4 is 22.0 Å². The normalized spacial score (nSPS) is 12.8. The Labute approximate surface area is 102 Å². The summed E-state index contributed by atoms with van der Waals surface area (Å²) in [4.78, 5) is 4.41. The predicted octanol–water partition coefficient (Wildman–Crippen LogP) is 2.24. The van der Waals surface area contributed by atoms with Gasteiger partial charge in [-0.05, 0) is 24.6 Å². The SMILES string of the molecule is Cc1cc(COCS(=O)O)c2ccccc2n1. The van der Waals surface area contributed by atoms with Crippen LogP contribution in [0.25, 0.3) is 10.9 Å². The number of ether oxygens (including phenoxy) is 1. The number of fused-ring (bicyclic) bond motifs is 1. The summed E-state index contributed by atoms with van der Waals surface area (Å²) < 4.78 is 24.3. The van der Waals surface area contributed by atoms with Crippen molar-refractivity contribution in [2.45, 2.75) is 13.5 Å². The van der Waals surface area contributed by atoms with Gasteiger partial charge < -0.3 is 9.29 Å². The van der Waals surface area contributed by atoms with E-state index in [1.54, 1.807) is 0 Å².